The second kappa shape index (κ2) is 8.48. The van der Waals surface area contributed by atoms with E-state index in [1.807, 2.05) is 6.92 Å². The molecule has 0 heterocycles. The van der Waals surface area contributed by atoms with Crippen LogP contribution in [0.3, 0.4) is 0 Å². The zero-order valence-electron chi connectivity index (χ0n) is 16.1. The summed E-state index contributed by atoms with van der Waals surface area (Å²) in [5.74, 6) is 0.726. The van der Waals surface area contributed by atoms with Crippen molar-refractivity contribution in [3.63, 3.8) is 0 Å². The highest BCUT2D eigenvalue weighted by molar-refractivity contribution is 5.97. The van der Waals surface area contributed by atoms with E-state index in [0.29, 0.717) is 5.56 Å². The Labute approximate surface area is 151 Å². The zero-order valence-corrected chi connectivity index (χ0v) is 16.1. The summed E-state index contributed by atoms with van der Waals surface area (Å²) in [4.78, 5) is 12.2. The molecule has 0 saturated carbocycles. The summed E-state index contributed by atoms with van der Waals surface area (Å²) in [6.45, 7) is 8.88. The predicted molar refractivity (Wildman–Crippen MR) is 102 cm³/mol. The molecule has 0 aromatic heterocycles. The summed E-state index contributed by atoms with van der Waals surface area (Å²) in [6.07, 6.45) is 7.81. The summed E-state index contributed by atoms with van der Waals surface area (Å²) in [5, 5.41) is 0. The maximum absolute atomic E-state index is 12.2. The molecule has 0 aliphatic heterocycles. The van der Waals surface area contributed by atoms with Gasteiger partial charge in [0.05, 0.1) is 13.2 Å². The minimum Gasteiger partial charge on any atom is -0.497 e. The molecule has 1 aliphatic carbocycles. The fourth-order valence-corrected chi connectivity index (χ4v) is 3.37. The molecule has 1 aromatic carbocycles. The number of rotatable bonds is 7. The van der Waals surface area contributed by atoms with Crippen LogP contribution in [-0.2, 0) is 4.74 Å². The van der Waals surface area contributed by atoms with Gasteiger partial charge in [-0.05, 0) is 68.4 Å². The molecule has 0 saturated heterocycles. The summed E-state index contributed by atoms with van der Waals surface area (Å²) >= 11 is 0. The molecule has 3 heteroatoms. The highest BCUT2D eigenvalue weighted by Gasteiger charge is 2.26. The molecule has 1 unspecified atom stereocenters. The molecule has 1 aromatic rings. The van der Waals surface area contributed by atoms with Crippen LogP contribution in [0.5, 0.6) is 5.75 Å². The molecular weight excluding hydrogens is 312 g/mol. The van der Waals surface area contributed by atoms with Gasteiger partial charge in [-0.2, -0.15) is 0 Å². The highest BCUT2D eigenvalue weighted by atomic mass is 16.5. The van der Waals surface area contributed by atoms with Crippen molar-refractivity contribution in [2.75, 3.05) is 13.7 Å². The normalized spacial score (nSPS) is 18.4. The largest absolute Gasteiger partial charge is 0.497 e. The first kappa shape index (κ1) is 19.5. The summed E-state index contributed by atoms with van der Waals surface area (Å²) in [6, 6.07) is 7.11. The molecular formula is C22H30O3. The van der Waals surface area contributed by atoms with Gasteiger partial charge in [-0.25, -0.2) is 0 Å². The summed E-state index contributed by atoms with van der Waals surface area (Å²) < 4.78 is 10.8. The van der Waals surface area contributed by atoms with E-state index >= 15 is 0 Å². The van der Waals surface area contributed by atoms with E-state index in [1.165, 1.54) is 30.4 Å². The minimum atomic E-state index is -0.0970. The van der Waals surface area contributed by atoms with Gasteiger partial charge in [-0.1, -0.05) is 31.6 Å². The Kier molecular flexibility index (Phi) is 6.60. The average Bonchev–Trinajstić information content (AvgIpc) is 2.58. The Morgan fingerprint density at radius 1 is 1.28 bits per heavy atom. The first-order chi connectivity index (χ1) is 11.8. The lowest BCUT2D eigenvalue weighted by molar-refractivity contribution is 0.0658. The molecule has 1 atom stereocenters. The Hall–Kier alpha value is -1.87. The van der Waals surface area contributed by atoms with Crippen molar-refractivity contribution in [3.05, 3.63) is 53.1 Å². The molecule has 0 amide bonds. The fraction of sp³-hybridized carbons (Fsp3) is 0.500. The van der Waals surface area contributed by atoms with Gasteiger partial charge in [0.2, 0.25) is 0 Å². The Balaban J connectivity index is 1.91. The fourth-order valence-electron chi connectivity index (χ4n) is 3.37. The van der Waals surface area contributed by atoms with Crippen LogP contribution in [0.2, 0.25) is 0 Å². The van der Waals surface area contributed by atoms with Crippen molar-refractivity contribution in [2.45, 2.75) is 53.1 Å². The van der Waals surface area contributed by atoms with Gasteiger partial charge in [0.25, 0.3) is 0 Å². The third-order valence-corrected chi connectivity index (χ3v) is 4.97. The lowest BCUT2D eigenvalue weighted by Crippen LogP contribution is -2.20. The van der Waals surface area contributed by atoms with Gasteiger partial charge in [-0.3, -0.25) is 4.79 Å². The van der Waals surface area contributed by atoms with Gasteiger partial charge in [-0.15, -0.1) is 0 Å². The number of allylic oxidation sites excluding steroid dienone is 3. The first-order valence-corrected chi connectivity index (χ1v) is 9.01. The minimum absolute atomic E-state index is 0.0173. The van der Waals surface area contributed by atoms with Crippen molar-refractivity contribution in [1.29, 1.82) is 0 Å². The lowest BCUT2D eigenvalue weighted by Gasteiger charge is -2.33. The van der Waals surface area contributed by atoms with Crippen molar-refractivity contribution in [1.82, 2.24) is 0 Å². The van der Waals surface area contributed by atoms with Crippen LogP contribution < -0.4 is 4.74 Å². The highest BCUT2D eigenvalue weighted by Crippen LogP contribution is 2.40. The van der Waals surface area contributed by atoms with E-state index in [4.69, 9.17) is 9.47 Å². The number of ether oxygens (including phenoxy) is 2. The monoisotopic (exact) mass is 342 g/mol. The number of hydrogen-bond acceptors (Lipinski definition) is 3. The smallest absolute Gasteiger partial charge is 0.188 e. The third-order valence-electron chi connectivity index (χ3n) is 4.97. The number of hydrogen-bond donors (Lipinski definition) is 0. The zero-order chi connectivity index (χ0) is 18.4. The van der Waals surface area contributed by atoms with Gasteiger partial charge in [0, 0.05) is 5.56 Å². The average molecular weight is 342 g/mol. The van der Waals surface area contributed by atoms with Crippen LogP contribution in [0.25, 0.3) is 0 Å². The van der Waals surface area contributed by atoms with Crippen molar-refractivity contribution < 1.29 is 14.3 Å². The molecule has 1 aliphatic rings. The number of methoxy groups -OCH3 is 1. The van der Waals surface area contributed by atoms with Gasteiger partial charge < -0.3 is 9.47 Å². The molecule has 0 radical (unpaired) electrons. The van der Waals surface area contributed by atoms with Crippen molar-refractivity contribution >= 4 is 5.78 Å². The second-order valence-corrected chi connectivity index (χ2v) is 7.46. The molecule has 3 nitrogen and oxygen atoms in total. The van der Waals surface area contributed by atoms with E-state index < -0.39 is 0 Å². The molecule has 0 fully saturated rings. The topological polar surface area (TPSA) is 35.5 Å². The van der Waals surface area contributed by atoms with Crippen LogP contribution >= 0.6 is 0 Å². The lowest BCUT2D eigenvalue weighted by atomic mass is 9.72. The number of ketones is 1. The number of Topliss-reactive ketones (excluding diaryl/α,β-unsaturated/α-hetero) is 1. The molecule has 0 spiro atoms. The van der Waals surface area contributed by atoms with Gasteiger partial charge in [0.1, 0.15) is 12.4 Å². The standard InChI is InChI=1S/C22H30O3/c1-16-7-6-14-22(3,4)20(16)13-8-17(2)25-15-21(23)18-9-11-19(24-5)12-10-18/h8-13,17H,6-7,14-15H2,1-5H3. The molecule has 0 bridgehead atoms. The molecule has 2 rings (SSSR count). The summed E-state index contributed by atoms with van der Waals surface area (Å²) in [7, 11) is 1.61. The Morgan fingerprint density at radius 3 is 2.56 bits per heavy atom. The van der Waals surface area contributed by atoms with Crippen molar-refractivity contribution in [3.8, 4) is 5.75 Å². The van der Waals surface area contributed by atoms with Crippen molar-refractivity contribution in [2.24, 2.45) is 5.41 Å². The van der Waals surface area contributed by atoms with Crippen LogP contribution in [0.1, 0.15) is 57.3 Å². The van der Waals surface area contributed by atoms with E-state index in [0.717, 1.165) is 5.75 Å². The SMILES string of the molecule is COc1ccc(C(=O)COC(C)C=CC2=C(C)CCCC2(C)C)cc1. The quantitative estimate of drug-likeness (QED) is 0.625. The van der Waals surface area contributed by atoms with Crippen LogP contribution in [0, 0.1) is 5.41 Å². The molecule has 0 N–H and O–H groups in total. The number of carbonyl (C=O) groups excluding carboxylic acids is 1. The third kappa shape index (κ3) is 5.30. The van der Waals surface area contributed by atoms with E-state index in [-0.39, 0.29) is 23.9 Å². The Morgan fingerprint density at radius 2 is 1.96 bits per heavy atom. The number of benzene rings is 1. The second-order valence-electron chi connectivity index (χ2n) is 7.46. The molecule has 136 valence electrons. The van der Waals surface area contributed by atoms with Crippen LogP contribution in [0.4, 0.5) is 0 Å². The number of carbonyl (C=O) groups is 1. The maximum Gasteiger partial charge on any atom is 0.188 e. The van der Waals surface area contributed by atoms with Crippen LogP contribution in [0.15, 0.2) is 47.6 Å². The molecule has 25 heavy (non-hydrogen) atoms. The maximum atomic E-state index is 12.2. The summed E-state index contributed by atoms with van der Waals surface area (Å²) in [5.41, 5.74) is 3.74. The van der Waals surface area contributed by atoms with E-state index in [1.54, 1.807) is 31.4 Å². The van der Waals surface area contributed by atoms with Gasteiger partial charge >= 0.3 is 0 Å². The first-order valence-electron chi connectivity index (χ1n) is 9.01. The van der Waals surface area contributed by atoms with E-state index in [9.17, 15) is 4.79 Å². The van der Waals surface area contributed by atoms with E-state index in [2.05, 4.69) is 32.9 Å². The Bertz CT molecular complexity index is 650. The van der Waals surface area contributed by atoms with Gasteiger partial charge in [0.15, 0.2) is 5.78 Å². The predicted octanol–water partition coefficient (Wildman–Crippen LogP) is 5.37. The van der Waals surface area contributed by atoms with Crippen LogP contribution in [-0.4, -0.2) is 25.6 Å².